The van der Waals surface area contributed by atoms with Gasteiger partial charge in [-0.15, -0.1) is 0 Å². The number of aryl methyl sites for hydroxylation is 1. The number of rotatable bonds is 5. The standard InChI is InChI=1S/C20H18FN3O3/c1-13-4-5-14(21)11-18(13)19(25)23-15-6-8-16(9-7-15)24-20(26)22-12-17-3-2-10-27-17/h2-11H,12H2,1H3,(H,23,25)(H2,22,24,26). The first-order valence-corrected chi connectivity index (χ1v) is 8.26. The first kappa shape index (κ1) is 18.2. The van der Waals surface area contributed by atoms with Crippen LogP contribution >= 0.6 is 0 Å². The molecule has 3 amide bonds. The van der Waals surface area contributed by atoms with E-state index in [1.54, 1.807) is 49.4 Å². The van der Waals surface area contributed by atoms with E-state index in [4.69, 9.17) is 4.42 Å². The Morgan fingerprint density at radius 1 is 1.00 bits per heavy atom. The second kappa shape index (κ2) is 8.18. The number of anilines is 2. The predicted molar refractivity (Wildman–Crippen MR) is 100 cm³/mol. The van der Waals surface area contributed by atoms with Gasteiger partial charge >= 0.3 is 6.03 Å². The maximum Gasteiger partial charge on any atom is 0.319 e. The van der Waals surface area contributed by atoms with Gasteiger partial charge in [-0.25, -0.2) is 9.18 Å². The van der Waals surface area contributed by atoms with Crippen molar-refractivity contribution in [1.29, 1.82) is 0 Å². The summed E-state index contributed by atoms with van der Waals surface area (Å²) in [5, 5.41) is 8.05. The molecule has 6 nitrogen and oxygen atoms in total. The van der Waals surface area contributed by atoms with Gasteiger partial charge in [0.1, 0.15) is 11.6 Å². The molecular weight excluding hydrogens is 349 g/mol. The van der Waals surface area contributed by atoms with E-state index in [0.717, 1.165) is 0 Å². The lowest BCUT2D eigenvalue weighted by molar-refractivity contribution is 0.102. The predicted octanol–water partition coefficient (Wildman–Crippen LogP) is 4.30. The summed E-state index contributed by atoms with van der Waals surface area (Å²) in [7, 11) is 0. The Kier molecular flexibility index (Phi) is 5.51. The average molecular weight is 367 g/mol. The maximum absolute atomic E-state index is 13.3. The van der Waals surface area contributed by atoms with Crippen LogP contribution in [0.4, 0.5) is 20.6 Å². The number of amides is 3. The first-order chi connectivity index (χ1) is 13.0. The summed E-state index contributed by atoms with van der Waals surface area (Å²) in [6.07, 6.45) is 1.53. The molecule has 7 heteroatoms. The zero-order valence-electron chi connectivity index (χ0n) is 14.6. The highest BCUT2D eigenvalue weighted by molar-refractivity contribution is 6.05. The van der Waals surface area contributed by atoms with Crippen LogP contribution in [-0.2, 0) is 6.54 Å². The number of carbonyl (C=O) groups is 2. The fraction of sp³-hybridized carbons (Fsp3) is 0.100. The molecule has 0 atom stereocenters. The lowest BCUT2D eigenvalue weighted by Crippen LogP contribution is -2.27. The molecule has 138 valence electrons. The molecule has 3 N–H and O–H groups in total. The number of carbonyl (C=O) groups excluding carboxylic acids is 2. The Bertz CT molecular complexity index is 938. The van der Waals surface area contributed by atoms with E-state index in [9.17, 15) is 14.0 Å². The summed E-state index contributed by atoms with van der Waals surface area (Å²) in [4.78, 5) is 24.1. The Labute approximate surface area is 155 Å². The minimum atomic E-state index is -0.467. The van der Waals surface area contributed by atoms with Gasteiger partial charge in [0, 0.05) is 16.9 Å². The smallest absolute Gasteiger partial charge is 0.319 e. The lowest BCUT2D eigenvalue weighted by Gasteiger charge is -2.10. The Balaban J connectivity index is 1.56. The summed E-state index contributed by atoms with van der Waals surface area (Å²) in [6.45, 7) is 2.02. The van der Waals surface area contributed by atoms with Gasteiger partial charge in [0.05, 0.1) is 12.8 Å². The summed E-state index contributed by atoms with van der Waals surface area (Å²) in [5.41, 5.74) is 2.05. The van der Waals surface area contributed by atoms with Gasteiger partial charge in [0.2, 0.25) is 0 Å². The SMILES string of the molecule is Cc1ccc(F)cc1C(=O)Nc1ccc(NC(=O)NCc2ccco2)cc1. The van der Waals surface area contributed by atoms with Crippen molar-refractivity contribution >= 4 is 23.3 Å². The number of benzene rings is 2. The van der Waals surface area contributed by atoms with Crippen molar-refractivity contribution in [2.75, 3.05) is 10.6 Å². The Morgan fingerprint density at radius 3 is 2.37 bits per heavy atom. The highest BCUT2D eigenvalue weighted by Crippen LogP contribution is 2.16. The molecule has 0 spiro atoms. The largest absolute Gasteiger partial charge is 0.467 e. The molecule has 0 saturated carbocycles. The third-order valence-corrected chi connectivity index (χ3v) is 3.85. The molecule has 2 aromatic carbocycles. The highest BCUT2D eigenvalue weighted by atomic mass is 19.1. The fourth-order valence-corrected chi connectivity index (χ4v) is 2.43. The zero-order chi connectivity index (χ0) is 19.2. The highest BCUT2D eigenvalue weighted by Gasteiger charge is 2.11. The Hall–Kier alpha value is -3.61. The van der Waals surface area contributed by atoms with E-state index in [1.165, 1.54) is 18.4 Å². The van der Waals surface area contributed by atoms with Crippen LogP contribution in [0.25, 0.3) is 0 Å². The topological polar surface area (TPSA) is 83.4 Å². The number of nitrogens with one attached hydrogen (secondary N) is 3. The molecule has 1 aromatic heterocycles. The summed E-state index contributed by atoms with van der Waals surface area (Å²) in [5.74, 6) is -0.217. The molecule has 3 rings (SSSR count). The van der Waals surface area contributed by atoms with Crippen LogP contribution in [-0.4, -0.2) is 11.9 Å². The van der Waals surface area contributed by atoms with E-state index in [1.807, 2.05) is 0 Å². The number of hydrogen-bond donors (Lipinski definition) is 3. The van der Waals surface area contributed by atoms with E-state index >= 15 is 0 Å². The second-order valence-electron chi connectivity index (χ2n) is 5.88. The van der Waals surface area contributed by atoms with E-state index < -0.39 is 11.7 Å². The van der Waals surface area contributed by atoms with Crippen molar-refractivity contribution in [2.24, 2.45) is 0 Å². The van der Waals surface area contributed by atoms with Crippen LogP contribution in [0.5, 0.6) is 0 Å². The van der Waals surface area contributed by atoms with Crippen molar-refractivity contribution in [2.45, 2.75) is 13.5 Å². The van der Waals surface area contributed by atoms with E-state index in [2.05, 4.69) is 16.0 Å². The third kappa shape index (κ3) is 4.94. The average Bonchev–Trinajstić information content (AvgIpc) is 3.17. The van der Waals surface area contributed by atoms with Gasteiger partial charge in [0.25, 0.3) is 5.91 Å². The van der Waals surface area contributed by atoms with Crippen LogP contribution in [0.1, 0.15) is 21.7 Å². The number of halogens is 1. The molecule has 1 heterocycles. The van der Waals surface area contributed by atoms with Gasteiger partial charge in [-0.05, 0) is 61.0 Å². The van der Waals surface area contributed by atoms with E-state index in [0.29, 0.717) is 22.7 Å². The first-order valence-electron chi connectivity index (χ1n) is 8.26. The molecule has 0 bridgehead atoms. The van der Waals surface area contributed by atoms with Gasteiger partial charge in [-0.3, -0.25) is 4.79 Å². The van der Waals surface area contributed by atoms with Gasteiger partial charge in [-0.1, -0.05) is 6.07 Å². The Morgan fingerprint density at radius 2 is 1.70 bits per heavy atom. The molecule has 0 unspecified atom stereocenters. The van der Waals surface area contributed by atoms with Crippen LogP contribution in [0.3, 0.4) is 0 Å². The number of hydrogen-bond acceptors (Lipinski definition) is 3. The van der Waals surface area contributed by atoms with Gasteiger partial charge in [0.15, 0.2) is 0 Å². The second-order valence-corrected chi connectivity index (χ2v) is 5.88. The summed E-state index contributed by atoms with van der Waals surface area (Å²) >= 11 is 0. The van der Waals surface area contributed by atoms with Crippen molar-refractivity contribution in [1.82, 2.24) is 5.32 Å². The monoisotopic (exact) mass is 367 g/mol. The minimum absolute atomic E-state index is 0.273. The number of urea groups is 1. The maximum atomic E-state index is 13.3. The van der Waals surface area contributed by atoms with Crippen LogP contribution < -0.4 is 16.0 Å². The molecule has 0 radical (unpaired) electrons. The quantitative estimate of drug-likeness (QED) is 0.629. The molecule has 0 aliphatic rings. The van der Waals surface area contributed by atoms with Crippen molar-refractivity contribution < 1.29 is 18.4 Å². The van der Waals surface area contributed by atoms with Crippen molar-refractivity contribution in [3.63, 3.8) is 0 Å². The van der Waals surface area contributed by atoms with Crippen LogP contribution in [0.15, 0.2) is 65.3 Å². The molecule has 0 aliphatic heterocycles. The van der Waals surface area contributed by atoms with E-state index in [-0.39, 0.29) is 18.1 Å². The zero-order valence-corrected chi connectivity index (χ0v) is 14.6. The molecule has 0 fully saturated rings. The molecule has 3 aromatic rings. The fourth-order valence-electron chi connectivity index (χ4n) is 2.43. The van der Waals surface area contributed by atoms with Crippen molar-refractivity contribution in [3.05, 3.63) is 83.6 Å². The molecule has 0 saturated heterocycles. The van der Waals surface area contributed by atoms with Gasteiger partial charge < -0.3 is 20.4 Å². The lowest BCUT2D eigenvalue weighted by atomic mass is 10.1. The summed E-state index contributed by atoms with van der Waals surface area (Å²) in [6, 6.07) is 13.8. The molecule has 0 aliphatic carbocycles. The molecule has 27 heavy (non-hydrogen) atoms. The normalized spacial score (nSPS) is 10.3. The third-order valence-electron chi connectivity index (χ3n) is 3.85. The van der Waals surface area contributed by atoms with Crippen LogP contribution in [0, 0.1) is 12.7 Å². The van der Waals surface area contributed by atoms with Crippen molar-refractivity contribution in [3.8, 4) is 0 Å². The van der Waals surface area contributed by atoms with Gasteiger partial charge in [-0.2, -0.15) is 0 Å². The van der Waals surface area contributed by atoms with Crippen LogP contribution in [0.2, 0.25) is 0 Å². The summed E-state index contributed by atoms with van der Waals surface area (Å²) < 4.78 is 18.5. The minimum Gasteiger partial charge on any atom is -0.467 e. The molecular formula is C20H18FN3O3. The number of furan rings is 1.